The zero-order valence-corrected chi connectivity index (χ0v) is 20.1. The van der Waals surface area contributed by atoms with E-state index >= 15 is 4.39 Å². The summed E-state index contributed by atoms with van der Waals surface area (Å²) in [6, 6.07) is 17.3. The van der Waals surface area contributed by atoms with Gasteiger partial charge in [0.05, 0.1) is 32.5 Å². The molecule has 0 bridgehead atoms. The standard InChI is InChI=1S/C29H35F2NO2/c1-21-16-26-25-9-5-4-8-23(25)17-27(26)28(32(21)18-29(31)19-33-20-29)22-10-12-24(13-11-22)34-15-7-3-2-6-14-30/h4-5,8-13,21,28H,2-3,6-7,14-20H2,1H3/t21-,28-/m1/s1. The van der Waals surface area contributed by atoms with Gasteiger partial charge in [-0.1, -0.05) is 42.8 Å². The summed E-state index contributed by atoms with van der Waals surface area (Å²) in [4.78, 5) is 2.36. The van der Waals surface area contributed by atoms with Crippen LogP contribution in [0.4, 0.5) is 8.78 Å². The number of halogens is 2. The van der Waals surface area contributed by atoms with E-state index in [1.807, 2.05) is 12.1 Å². The summed E-state index contributed by atoms with van der Waals surface area (Å²) < 4.78 is 38.6. The first kappa shape index (κ1) is 23.5. The highest BCUT2D eigenvalue weighted by molar-refractivity contribution is 5.79. The molecule has 5 heteroatoms. The van der Waals surface area contributed by atoms with Gasteiger partial charge in [0.15, 0.2) is 5.67 Å². The Bertz CT molecular complexity index is 1020. The van der Waals surface area contributed by atoms with E-state index in [1.54, 1.807) is 0 Å². The Hall–Kier alpha value is -2.24. The van der Waals surface area contributed by atoms with Crippen molar-refractivity contribution in [1.82, 2.24) is 4.90 Å². The quantitative estimate of drug-likeness (QED) is 0.373. The molecule has 182 valence electrons. The molecule has 2 heterocycles. The minimum atomic E-state index is -1.26. The van der Waals surface area contributed by atoms with E-state index in [9.17, 15) is 4.39 Å². The lowest BCUT2D eigenvalue weighted by molar-refractivity contribution is -0.147. The van der Waals surface area contributed by atoms with Gasteiger partial charge >= 0.3 is 0 Å². The zero-order valence-electron chi connectivity index (χ0n) is 20.1. The van der Waals surface area contributed by atoms with E-state index < -0.39 is 5.67 Å². The number of hydrogen-bond donors (Lipinski definition) is 0. The molecule has 0 amide bonds. The SMILES string of the molecule is C[C@@H]1CC2=C(Cc3ccccc32)[C@@H](c2ccc(OCCCCCCF)cc2)N1CC1(F)COC1. The fraction of sp³-hybridized carbons (Fsp3) is 0.517. The fourth-order valence-corrected chi connectivity index (χ4v) is 5.69. The van der Waals surface area contributed by atoms with Crippen molar-refractivity contribution in [3.05, 3.63) is 70.8 Å². The Balaban J connectivity index is 1.36. The second kappa shape index (κ2) is 10.2. The van der Waals surface area contributed by atoms with Crippen LogP contribution in [-0.4, -0.2) is 49.7 Å². The number of ether oxygens (including phenoxy) is 2. The average molecular weight is 468 g/mol. The molecular formula is C29H35F2NO2. The van der Waals surface area contributed by atoms with Gasteiger partial charge in [-0.25, -0.2) is 4.39 Å². The van der Waals surface area contributed by atoms with Gasteiger partial charge in [-0.05, 0) is 79.0 Å². The summed E-state index contributed by atoms with van der Waals surface area (Å²) in [5, 5.41) is 0. The number of nitrogens with zero attached hydrogens (tertiary/aromatic N) is 1. The lowest BCUT2D eigenvalue weighted by atomic mass is 9.84. The Kier molecular flexibility index (Phi) is 7.03. The Morgan fingerprint density at radius 2 is 1.79 bits per heavy atom. The maximum atomic E-state index is 15.3. The normalized spacial score (nSPS) is 23.4. The number of alkyl halides is 2. The number of fused-ring (bicyclic) bond motifs is 2. The van der Waals surface area contributed by atoms with Crippen molar-refractivity contribution in [3.63, 3.8) is 0 Å². The molecule has 0 unspecified atom stereocenters. The predicted molar refractivity (Wildman–Crippen MR) is 132 cm³/mol. The minimum Gasteiger partial charge on any atom is -0.494 e. The number of rotatable bonds is 10. The third-order valence-corrected chi connectivity index (χ3v) is 7.52. The number of unbranched alkanes of at least 4 members (excludes halogenated alkanes) is 3. The summed E-state index contributed by atoms with van der Waals surface area (Å²) in [6.07, 6.45) is 5.35. The zero-order chi connectivity index (χ0) is 23.5. The van der Waals surface area contributed by atoms with Crippen LogP contribution in [0.3, 0.4) is 0 Å². The van der Waals surface area contributed by atoms with Gasteiger partial charge in [0.1, 0.15) is 5.75 Å². The van der Waals surface area contributed by atoms with Gasteiger partial charge in [-0.3, -0.25) is 9.29 Å². The molecule has 0 radical (unpaired) electrons. The highest BCUT2D eigenvalue weighted by Gasteiger charge is 2.46. The van der Waals surface area contributed by atoms with Crippen LogP contribution in [0.25, 0.3) is 5.57 Å². The van der Waals surface area contributed by atoms with Crippen molar-refractivity contribution >= 4 is 5.57 Å². The van der Waals surface area contributed by atoms with Crippen LogP contribution in [0, 0.1) is 0 Å². The fourth-order valence-electron chi connectivity index (χ4n) is 5.69. The molecule has 0 N–H and O–H groups in total. The Morgan fingerprint density at radius 1 is 1.03 bits per heavy atom. The third kappa shape index (κ3) is 4.78. The van der Waals surface area contributed by atoms with Crippen molar-refractivity contribution < 1.29 is 18.3 Å². The monoisotopic (exact) mass is 467 g/mol. The maximum absolute atomic E-state index is 15.3. The topological polar surface area (TPSA) is 21.7 Å². The van der Waals surface area contributed by atoms with Crippen molar-refractivity contribution in [2.75, 3.05) is 33.0 Å². The molecule has 0 saturated carbocycles. The van der Waals surface area contributed by atoms with E-state index in [0.717, 1.165) is 37.9 Å². The molecule has 2 aliphatic heterocycles. The van der Waals surface area contributed by atoms with E-state index in [1.165, 1.54) is 27.8 Å². The molecule has 2 atom stereocenters. The number of benzene rings is 2. The molecule has 1 fully saturated rings. The van der Waals surface area contributed by atoms with E-state index in [4.69, 9.17) is 9.47 Å². The summed E-state index contributed by atoms with van der Waals surface area (Å²) >= 11 is 0. The molecular weight excluding hydrogens is 432 g/mol. The van der Waals surface area contributed by atoms with Crippen LogP contribution in [0.2, 0.25) is 0 Å². The predicted octanol–water partition coefficient (Wildman–Crippen LogP) is 6.48. The molecule has 0 spiro atoms. The van der Waals surface area contributed by atoms with E-state index in [2.05, 4.69) is 48.2 Å². The largest absolute Gasteiger partial charge is 0.494 e. The second-order valence-corrected chi connectivity index (χ2v) is 10.1. The summed E-state index contributed by atoms with van der Waals surface area (Å²) in [6.45, 7) is 3.40. The summed E-state index contributed by atoms with van der Waals surface area (Å²) in [5.74, 6) is 0.850. The van der Waals surface area contributed by atoms with Crippen molar-refractivity contribution in [1.29, 1.82) is 0 Å². The van der Waals surface area contributed by atoms with E-state index in [-0.39, 0.29) is 32.0 Å². The summed E-state index contributed by atoms with van der Waals surface area (Å²) in [5.41, 5.74) is 5.51. The first-order valence-electron chi connectivity index (χ1n) is 12.7. The summed E-state index contributed by atoms with van der Waals surface area (Å²) in [7, 11) is 0. The Labute approximate surface area is 201 Å². The van der Waals surface area contributed by atoms with Crippen LogP contribution in [-0.2, 0) is 11.2 Å². The second-order valence-electron chi connectivity index (χ2n) is 10.1. The Morgan fingerprint density at radius 3 is 2.53 bits per heavy atom. The third-order valence-electron chi connectivity index (χ3n) is 7.52. The molecule has 0 aromatic heterocycles. The van der Waals surface area contributed by atoms with Crippen LogP contribution in [0.15, 0.2) is 54.1 Å². The molecule has 2 aromatic rings. The van der Waals surface area contributed by atoms with Crippen molar-refractivity contribution in [3.8, 4) is 5.75 Å². The van der Waals surface area contributed by atoms with Gasteiger partial charge in [-0.15, -0.1) is 0 Å². The van der Waals surface area contributed by atoms with Crippen LogP contribution >= 0.6 is 0 Å². The highest BCUT2D eigenvalue weighted by atomic mass is 19.1. The van der Waals surface area contributed by atoms with Gasteiger partial charge in [-0.2, -0.15) is 0 Å². The van der Waals surface area contributed by atoms with Gasteiger partial charge in [0, 0.05) is 12.6 Å². The van der Waals surface area contributed by atoms with Gasteiger partial charge < -0.3 is 9.47 Å². The smallest absolute Gasteiger partial charge is 0.169 e. The van der Waals surface area contributed by atoms with Gasteiger partial charge in [0.25, 0.3) is 0 Å². The van der Waals surface area contributed by atoms with Crippen LogP contribution in [0.5, 0.6) is 5.75 Å². The minimum absolute atomic E-state index is 0.0501. The molecule has 5 rings (SSSR count). The van der Waals surface area contributed by atoms with Gasteiger partial charge in [0.2, 0.25) is 0 Å². The van der Waals surface area contributed by atoms with Crippen molar-refractivity contribution in [2.45, 2.75) is 63.2 Å². The molecule has 3 aliphatic rings. The average Bonchev–Trinajstić information content (AvgIpc) is 3.19. The van der Waals surface area contributed by atoms with Crippen molar-refractivity contribution in [2.24, 2.45) is 0 Å². The van der Waals surface area contributed by atoms with E-state index in [0.29, 0.717) is 19.6 Å². The highest BCUT2D eigenvalue weighted by Crippen LogP contribution is 2.49. The lowest BCUT2D eigenvalue weighted by Crippen LogP contribution is -2.56. The first-order chi connectivity index (χ1) is 16.6. The molecule has 1 saturated heterocycles. The first-order valence-corrected chi connectivity index (χ1v) is 12.7. The van der Waals surface area contributed by atoms with Crippen LogP contribution in [0.1, 0.15) is 61.8 Å². The molecule has 1 aliphatic carbocycles. The molecule has 3 nitrogen and oxygen atoms in total. The lowest BCUT2D eigenvalue weighted by Gasteiger charge is -2.47. The number of hydrogen-bond acceptors (Lipinski definition) is 3. The maximum Gasteiger partial charge on any atom is 0.169 e. The molecule has 34 heavy (non-hydrogen) atoms. The molecule has 2 aromatic carbocycles. The van der Waals surface area contributed by atoms with Crippen LogP contribution < -0.4 is 4.74 Å².